The molecule has 0 saturated carbocycles. The second kappa shape index (κ2) is 6.92. The number of likely N-dealkylation sites (tertiary alicyclic amines) is 1. The predicted molar refractivity (Wildman–Crippen MR) is 79.5 cm³/mol. The first-order valence-corrected chi connectivity index (χ1v) is 7.43. The van der Waals surface area contributed by atoms with E-state index in [-0.39, 0.29) is 0 Å². The molecule has 0 aromatic heterocycles. The van der Waals surface area contributed by atoms with E-state index in [0.29, 0.717) is 17.8 Å². The Morgan fingerprint density at radius 2 is 2.11 bits per heavy atom. The molecule has 106 valence electrons. The van der Waals surface area contributed by atoms with Crippen molar-refractivity contribution in [1.82, 2.24) is 10.2 Å². The van der Waals surface area contributed by atoms with Crippen molar-refractivity contribution >= 4 is 0 Å². The minimum Gasteiger partial charge on any atom is -0.508 e. The standard InChI is InChI=1S/C16H26N2O/c1-3-18-10-4-5-15(12-18)17-13(2)11-14-6-8-16(19)9-7-14/h6-9,13,15,17,19H,3-5,10-12H2,1-2H3. The number of piperidine rings is 1. The largest absolute Gasteiger partial charge is 0.508 e. The molecule has 2 atom stereocenters. The molecule has 1 saturated heterocycles. The number of nitrogens with one attached hydrogen (secondary N) is 1. The van der Waals surface area contributed by atoms with Gasteiger partial charge in [-0.15, -0.1) is 0 Å². The average Bonchev–Trinajstić information content (AvgIpc) is 2.41. The Morgan fingerprint density at radius 1 is 1.37 bits per heavy atom. The van der Waals surface area contributed by atoms with Crippen LogP contribution in [0.25, 0.3) is 0 Å². The summed E-state index contributed by atoms with van der Waals surface area (Å²) in [5, 5.41) is 13.0. The summed E-state index contributed by atoms with van der Waals surface area (Å²) in [5.41, 5.74) is 1.28. The molecule has 1 aromatic carbocycles. The van der Waals surface area contributed by atoms with E-state index in [1.165, 1.54) is 31.5 Å². The molecule has 2 N–H and O–H groups in total. The number of hydrogen-bond donors (Lipinski definition) is 2. The summed E-state index contributed by atoms with van der Waals surface area (Å²) >= 11 is 0. The molecule has 0 aliphatic carbocycles. The topological polar surface area (TPSA) is 35.5 Å². The van der Waals surface area contributed by atoms with Gasteiger partial charge in [0.15, 0.2) is 0 Å². The molecule has 3 nitrogen and oxygen atoms in total. The maximum absolute atomic E-state index is 9.29. The Balaban J connectivity index is 1.80. The van der Waals surface area contributed by atoms with Crippen LogP contribution >= 0.6 is 0 Å². The quantitative estimate of drug-likeness (QED) is 0.855. The third-order valence-electron chi connectivity index (χ3n) is 3.95. The molecule has 0 amide bonds. The number of hydrogen-bond acceptors (Lipinski definition) is 3. The van der Waals surface area contributed by atoms with Crippen LogP contribution < -0.4 is 5.32 Å². The van der Waals surface area contributed by atoms with Gasteiger partial charge >= 0.3 is 0 Å². The Hall–Kier alpha value is -1.06. The van der Waals surface area contributed by atoms with Gasteiger partial charge in [0.25, 0.3) is 0 Å². The molecule has 2 rings (SSSR count). The zero-order valence-electron chi connectivity index (χ0n) is 12.1. The maximum Gasteiger partial charge on any atom is 0.115 e. The van der Waals surface area contributed by atoms with Gasteiger partial charge in [-0.25, -0.2) is 0 Å². The van der Waals surface area contributed by atoms with Gasteiger partial charge in [-0.3, -0.25) is 0 Å². The van der Waals surface area contributed by atoms with Crippen LogP contribution in [0.4, 0.5) is 0 Å². The van der Waals surface area contributed by atoms with Gasteiger partial charge in [0.2, 0.25) is 0 Å². The Bertz CT molecular complexity index is 377. The Kier molecular flexibility index (Phi) is 5.23. The Morgan fingerprint density at radius 3 is 2.79 bits per heavy atom. The first-order chi connectivity index (χ1) is 9.17. The molecule has 0 radical (unpaired) electrons. The molecule has 0 bridgehead atoms. The molecule has 0 spiro atoms. The van der Waals surface area contributed by atoms with Crippen molar-refractivity contribution in [3.8, 4) is 5.75 Å². The van der Waals surface area contributed by atoms with Gasteiger partial charge < -0.3 is 15.3 Å². The highest BCUT2D eigenvalue weighted by atomic mass is 16.3. The van der Waals surface area contributed by atoms with E-state index in [1.807, 2.05) is 12.1 Å². The fourth-order valence-corrected chi connectivity index (χ4v) is 2.93. The first-order valence-electron chi connectivity index (χ1n) is 7.43. The third kappa shape index (κ3) is 4.51. The zero-order chi connectivity index (χ0) is 13.7. The van der Waals surface area contributed by atoms with Crippen LogP contribution in [-0.2, 0) is 6.42 Å². The second-order valence-corrected chi connectivity index (χ2v) is 5.67. The minimum absolute atomic E-state index is 0.343. The van der Waals surface area contributed by atoms with Gasteiger partial charge in [-0.1, -0.05) is 19.1 Å². The molecular formula is C16H26N2O. The number of rotatable bonds is 5. The summed E-state index contributed by atoms with van der Waals surface area (Å²) in [6, 6.07) is 8.65. The summed E-state index contributed by atoms with van der Waals surface area (Å²) < 4.78 is 0. The van der Waals surface area contributed by atoms with E-state index in [4.69, 9.17) is 0 Å². The van der Waals surface area contributed by atoms with E-state index in [1.54, 1.807) is 12.1 Å². The molecule has 1 aromatic rings. The first kappa shape index (κ1) is 14.4. The van der Waals surface area contributed by atoms with Crippen molar-refractivity contribution in [2.45, 2.75) is 45.2 Å². The van der Waals surface area contributed by atoms with E-state index < -0.39 is 0 Å². The van der Waals surface area contributed by atoms with E-state index in [2.05, 4.69) is 24.1 Å². The number of aromatic hydroxyl groups is 1. The molecule has 1 heterocycles. The SMILES string of the molecule is CCN1CCCC(NC(C)Cc2ccc(O)cc2)C1. The van der Waals surface area contributed by atoms with Gasteiger partial charge in [0, 0.05) is 18.6 Å². The van der Waals surface area contributed by atoms with Crippen molar-refractivity contribution in [2.75, 3.05) is 19.6 Å². The number of phenols is 1. The maximum atomic E-state index is 9.29. The molecule has 19 heavy (non-hydrogen) atoms. The van der Waals surface area contributed by atoms with Crippen molar-refractivity contribution in [2.24, 2.45) is 0 Å². The van der Waals surface area contributed by atoms with Crippen LogP contribution in [-0.4, -0.2) is 41.7 Å². The number of likely N-dealkylation sites (N-methyl/N-ethyl adjacent to an activating group) is 1. The number of nitrogens with zero attached hydrogens (tertiary/aromatic N) is 1. The summed E-state index contributed by atoms with van der Waals surface area (Å²) in [6.07, 6.45) is 3.61. The molecular weight excluding hydrogens is 236 g/mol. The van der Waals surface area contributed by atoms with Gasteiger partial charge in [-0.05, 0) is 57.0 Å². The average molecular weight is 262 g/mol. The second-order valence-electron chi connectivity index (χ2n) is 5.67. The van der Waals surface area contributed by atoms with E-state index in [9.17, 15) is 5.11 Å². The summed E-state index contributed by atoms with van der Waals surface area (Å²) in [5.74, 6) is 0.343. The van der Waals surface area contributed by atoms with Crippen LogP contribution in [0.15, 0.2) is 24.3 Å². The zero-order valence-corrected chi connectivity index (χ0v) is 12.1. The lowest BCUT2D eigenvalue weighted by Gasteiger charge is -2.34. The summed E-state index contributed by atoms with van der Waals surface area (Å²) in [6.45, 7) is 8.07. The van der Waals surface area contributed by atoms with Crippen LogP contribution in [0.5, 0.6) is 5.75 Å². The van der Waals surface area contributed by atoms with E-state index in [0.717, 1.165) is 13.0 Å². The van der Waals surface area contributed by atoms with Crippen molar-refractivity contribution in [1.29, 1.82) is 0 Å². The molecule has 1 fully saturated rings. The normalized spacial score (nSPS) is 22.3. The highest BCUT2D eigenvalue weighted by molar-refractivity contribution is 5.26. The molecule has 3 heteroatoms. The fraction of sp³-hybridized carbons (Fsp3) is 0.625. The van der Waals surface area contributed by atoms with Gasteiger partial charge in [0.05, 0.1) is 0 Å². The van der Waals surface area contributed by atoms with Crippen molar-refractivity contribution < 1.29 is 5.11 Å². The van der Waals surface area contributed by atoms with Gasteiger partial charge in [0.1, 0.15) is 5.75 Å². The number of phenolic OH excluding ortho intramolecular Hbond substituents is 1. The molecule has 2 unspecified atom stereocenters. The van der Waals surface area contributed by atoms with Crippen LogP contribution in [0.1, 0.15) is 32.3 Å². The minimum atomic E-state index is 0.343. The predicted octanol–water partition coefficient (Wildman–Crippen LogP) is 2.40. The Labute approximate surface area is 116 Å². The smallest absolute Gasteiger partial charge is 0.115 e. The van der Waals surface area contributed by atoms with Crippen LogP contribution in [0.2, 0.25) is 0 Å². The number of benzene rings is 1. The lowest BCUT2D eigenvalue weighted by molar-refractivity contribution is 0.192. The third-order valence-corrected chi connectivity index (χ3v) is 3.95. The summed E-state index contributed by atoms with van der Waals surface area (Å²) in [7, 11) is 0. The summed E-state index contributed by atoms with van der Waals surface area (Å²) in [4.78, 5) is 2.52. The van der Waals surface area contributed by atoms with E-state index >= 15 is 0 Å². The lowest BCUT2D eigenvalue weighted by Crippen LogP contribution is -2.48. The van der Waals surface area contributed by atoms with Crippen LogP contribution in [0.3, 0.4) is 0 Å². The van der Waals surface area contributed by atoms with Crippen LogP contribution in [0, 0.1) is 0 Å². The molecule has 1 aliphatic heterocycles. The fourth-order valence-electron chi connectivity index (χ4n) is 2.93. The molecule has 1 aliphatic rings. The van der Waals surface area contributed by atoms with Crippen molar-refractivity contribution in [3.05, 3.63) is 29.8 Å². The van der Waals surface area contributed by atoms with Gasteiger partial charge in [-0.2, -0.15) is 0 Å². The lowest BCUT2D eigenvalue weighted by atomic mass is 10.0. The highest BCUT2D eigenvalue weighted by Crippen LogP contribution is 2.13. The van der Waals surface area contributed by atoms with Crippen molar-refractivity contribution in [3.63, 3.8) is 0 Å². The highest BCUT2D eigenvalue weighted by Gasteiger charge is 2.19. The monoisotopic (exact) mass is 262 g/mol.